The van der Waals surface area contributed by atoms with Crippen LogP contribution in [0.2, 0.25) is 0 Å². The zero-order valence-corrected chi connectivity index (χ0v) is 58.2. The molecule has 10 heterocycles. The molecular formula is C85H62B9N5P2-. The minimum absolute atomic E-state index is 0.0947. The van der Waals surface area contributed by atoms with Crippen molar-refractivity contribution in [1.29, 1.82) is 0 Å². The summed E-state index contributed by atoms with van der Waals surface area (Å²) in [5.41, 5.74) is 37.6. The molecule has 0 amide bonds. The van der Waals surface area contributed by atoms with Crippen LogP contribution in [0.1, 0.15) is 5.56 Å². The number of para-hydroxylation sites is 7. The molecule has 4 saturated heterocycles. The monoisotopic (exact) mass is 1310 g/mol. The second kappa shape index (κ2) is 21.9. The standard InChI is InChI=1S/C36H25BN2.C25H18BN.C24H19B7N2P2/c1-4-14-26(15-5-1)38(27-16-6-2-7-17-27)33-24-13-25-34-36(33)37-31-22-11-10-20-29(31)30-21-12-23-32(35(30)37)39(34)28-18-8-3-9-19-28;1-17-14-15-21-20(16-17)19-10-7-13-24-25(19)26(21)22-11-5-6-12-23(22)27(24)18-8-3-2-4-9-18;1-2-8-16(9-3-1)33-20-13-5-4-11-18(20)28-19-12-7-15-22(23(19)17-10-6-14-21(33)24(17)28)35(26-29(35)27-35)32-34-30-25-31(30)34/h1-25H;2-16H,1H3;1-15H,25-26H2/q;;-1. The van der Waals surface area contributed by atoms with Gasteiger partial charge >= 0.3 is 210 Å². The van der Waals surface area contributed by atoms with E-state index in [0.29, 0.717) is 20.5 Å². The third kappa shape index (κ3) is 8.50. The van der Waals surface area contributed by atoms with Crippen molar-refractivity contribution in [2.45, 2.75) is 6.92 Å². The Bertz CT molecular complexity index is 5810. The Morgan fingerprint density at radius 1 is 0.356 bits per heavy atom. The van der Waals surface area contributed by atoms with Gasteiger partial charge in [-0.15, -0.1) is 0 Å². The van der Waals surface area contributed by atoms with E-state index in [4.69, 9.17) is 4.52 Å². The Kier molecular flexibility index (Phi) is 12.7. The van der Waals surface area contributed by atoms with Gasteiger partial charge in [0, 0.05) is 51.2 Å². The van der Waals surface area contributed by atoms with Gasteiger partial charge in [-0.3, -0.25) is 0 Å². The molecule has 0 bridgehead atoms. The summed E-state index contributed by atoms with van der Waals surface area (Å²) in [6.07, 6.45) is 1.30. The van der Waals surface area contributed by atoms with E-state index in [1.807, 2.05) is 0 Å². The number of nitrogens with zero attached hydrogens (tertiary/aromatic N) is 5. The minimum Gasteiger partial charge on any atom is -0.311 e. The van der Waals surface area contributed by atoms with Crippen molar-refractivity contribution in [2.75, 3.05) is 19.6 Å². The smallest absolute Gasteiger partial charge is 0.251 e. The number of anilines is 12. The molecule has 0 saturated carbocycles. The van der Waals surface area contributed by atoms with Crippen LogP contribution in [0.25, 0.3) is 33.4 Å². The van der Waals surface area contributed by atoms with E-state index < -0.39 is 6.39 Å². The molecule has 10 aliphatic rings. The first kappa shape index (κ1) is 58.2. The van der Waals surface area contributed by atoms with E-state index in [1.165, 1.54) is 134 Å². The van der Waals surface area contributed by atoms with Gasteiger partial charge in [-0.2, -0.15) is 0 Å². The summed E-state index contributed by atoms with van der Waals surface area (Å²) in [5.74, 6) is 0. The molecular weight excluding hydrogens is 1250 g/mol. The van der Waals surface area contributed by atoms with Crippen LogP contribution < -0.4 is 74.1 Å². The third-order valence-electron chi connectivity index (χ3n) is 24.5. The molecule has 14 aromatic rings. The Morgan fingerprint density at radius 3 is 1.30 bits per heavy atom. The zero-order chi connectivity index (χ0) is 66.3. The van der Waals surface area contributed by atoms with E-state index in [2.05, 4.69) is 367 Å². The van der Waals surface area contributed by atoms with E-state index in [9.17, 15) is 0 Å². The Morgan fingerprint density at radius 2 is 0.752 bits per heavy atom. The summed E-state index contributed by atoms with van der Waals surface area (Å²) in [5, 5.41) is 1.71. The minimum atomic E-state index is -1.95. The first-order chi connectivity index (χ1) is 50.0. The van der Waals surface area contributed by atoms with Crippen LogP contribution in [0.5, 0.6) is 0 Å². The fourth-order valence-corrected chi connectivity index (χ4v) is 32.2. The van der Waals surface area contributed by atoms with Crippen molar-refractivity contribution < 1.29 is 0 Å². The van der Waals surface area contributed by atoms with Crippen molar-refractivity contribution in [3.63, 3.8) is 0 Å². The van der Waals surface area contributed by atoms with Crippen molar-refractivity contribution in [2.24, 2.45) is 4.52 Å². The van der Waals surface area contributed by atoms with Crippen LogP contribution in [0, 0.1) is 6.92 Å². The number of hydrogen-bond donors (Lipinski definition) is 0. The maximum Gasteiger partial charge on any atom is 0.251 e. The molecule has 5 nitrogen and oxygen atoms in total. The fourth-order valence-electron chi connectivity index (χ4n) is 19.4. The molecule has 0 atom stereocenters. The van der Waals surface area contributed by atoms with Gasteiger partial charge < -0.3 is 14.7 Å². The predicted octanol–water partition coefficient (Wildman–Crippen LogP) is 13.4. The maximum absolute atomic E-state index is 5.90. The van der Waals surface area contributed by atoms with Gasteiger partial charge in [0.05, 0.1) is 0 Å². The van der Waals surface area contributed by atoms with Crippen LogP contribution in [0.3, 0.4) is 0 Å². The molecule has 4 fully saturated rings. The van der Waals surface area contributed by atoms with E-state index in [0.717, 1.165) is 30.0 Å². The second-order valence-electron chi connectivity index (χ2n) is 29.9. The molecule has 16 heteroatoms. The van der Waals surface area contributed by atoms with Crippen LogP contribution in [0.4, 0.5) is 68.2 Å². The molecule has 465 valence electrons. The topological polar surface area (TPSA) is 25.3 Å². The Labute approximate surface area is 595 Å². The number of benzene rings is 14. The maximum atomic E-state index is 5.90. The predicted molar refractivity (Wildman–Crippen MR) is 449 cm³/mol. The normalized spacial score (nSPS) is 16.0. The van der Waals surface area contributed by atoms with E-state index in [-0.39, 0.29) is 21.1 Å². The molecule has 0 aliphatic carbocycles. The Balaban J connectivity index is 0.0000000977. The summed E-state index contributed by atoms with van der Waals surface area (Å²) < 4.78 is 5.90. The van der Waals surface area contributed by atoms with Crippen LogP contribution in [-0.2, 0) is 0 Å². The van der Waals surface area contributed by atoms with Gasteiger partial charge in [0.2, 0.25) is 6.71 Å². The molecule has 0 spiro atoms. The van der Waals surface area contributed by atoms with Crippen molar-refractivity contribution in [3.05, 3.63) is 339 Å². The largest absolute Gasteiger partial charge is 0.311 e. The molecule has 1 radical (unpaired) electrons. The molecule has 101 heavy (non-hydrogen) atoms. The molecule has 0 N–H and O–H groups in total. The first-order valence-corrected chi connectivity index (χ1v) is 40.7. The van der Waals surface area contributed by atoms with Gasteiger partial charge in [0.1, 0.15) is 0 Å². The van der Waals surface area contributed by atoms with Gasteiger partial charge in [-0.1, -0.05) is 180 Å². The average molecular weight is 1310 g/mol. The third-order valence-corrected chi connectivity index (χ3v) is 35.8. The molecule has 14 aromatic carbocycles. The Hall–Kier alpha value is -10.6. The van der Waals surface area contributed by atoms with Gasteiger partial charge in [-0.25, -0.2) is 0 Å². The summed E-state index contributed by atoms with van der Waals surface area (Å²) in [6.45, 7) is 5.85. The van der Waals surface area contributed by atoms with Gasteiger partial charge in [-0.05, 0) is 130 Å². The number of fused-ring (bicyclic) bond motifs is 17. The number of rotatable bonds is 8. The van der Waals surface area contributed by atoms with E-state index in [1.54, 1.807) is 16.3 Å². The van der Waals surface area contributed by atoms with Crippen LogP contribution in [-0.4, -0.2) is 59.6 Å². The van der Waals surface area contributed by atoms with Crippen molar-refractivity contribution in [1.82, 2.24) is 0 Å². The number of aryl methyl sites for hydroxylation is 1. The quantitative estimate of drug-likeness (QED) is 0.112. The molecule has 24 rings (SSSR count). The summed E-state index contributed by atoms with van der Waals surface area (Å²) >= 11 is 0. The SMILES string of the molecule is Cc1ccc2c(c1)-c1cccc3c1B2c1ccccc1N3c1ccccc1.[B]1B2[BH2-]P12(N=[P+]1B2[BH2-]B21)c1cccc2c1-c1cccc3c1B2c1ccccc1N3c1ccccc1.c1ccc(N(c2ccccc2)c2cccc3c2B2c4ccccc4-c4cccc(c42)N3c2ccccc2)cc1. The summed E-state index contributed by atoms with van der Waals surface area (Å²) in [6, 6.07) is 122. The summed E-state index contributed by atoms with van der Waals surface area (Å²) in [4.78, 5) is 9.78. The van der Waals surface area contributed by atoms with Gasteiger partial charge in [0.15, 0.2) is 0 Å². The zero-order valence-electron chi connectivity index (χ0n) is 56.4. The average Bonchev–Trinajstić information content (AvgIpc) is 1.42. The second-order valence-corrected chi connectivity index (χ2v) is 38.5. The van der Waals surface area contributed by atoms with Gasteiger partial charge in [0.25, 0.3) is 6.71 Å². The van der Waals surface area contributed by atoms with Crippen molar-refractivity contribution >= 4 is 196 Å². The van der Waals surface area contributed by atoms with Crippen LogP contribution >= 0.6 is 13.9 Å². The van der Waals surface area contributed by atoms with E-state index >= 15 is 0 Å². The first-order valence-electron chi connectivity index (χ1n) is 36.5. The molecule has 0 unspecified atom stereocenters. The van der Waals surface area contributed by atoms with Crippen molar-refractivity contribution in [3.8, 4) is 33.4 Å². The van der Waals surface area contributed by atoms with Crippen LogP contribution in [0.15, 0.2) is 338 Å². The fraction of sp³-hybridized carbons (Fsp3) is 0.0118. The molecule has 10 aliphatic heterocycles. The number of hydrogen-bond acceptors (Lipinski definition) is 5. The summed E-state index contributed by atoms with van der Waals surface area (Å²) in [7, 11) is 0.544. The molecule has 0 aromatic heterocycles.